The molecule has 0 bridgehead atoms. The molecule has 0 radical (unpaired) electrons. The number of hydrogen-bond donors (Lipinski definition) is 1. The van der Waals surface area contributed by atoms with Gasteiger partial charge in [-0.1, -0.05) is 36.7 Å². The highest BCUT2D eigenvalue weighted by atomic mass is 35.5. The van der Waals surface area contributed by atoms with Crippen molar-refractivity contribution in [3.63, 3.8) is 0 Å². The van der Waals surface area contributed by atoms with Crippen LogP contribution in [0.15, 0.2) is 22.7 Å². The second-order valence-electron chi connectivity index (χ2n) is 5.39. The van der Waals surface area contributed by atoms with Crippen LogP contribution in [-0.4, -0.2) is 16.2 Å². The van der Waals surface area contributed by atoms with Crippen LogP contribution in [0.1, 0.15) is 44.0 Å². The van der Waals surface area contributed by atoms with Gasteiger partial charge in [0.15, 0.2) is 12.4 Å². The van der Waals surface area contributed by atoms with Crippen molar-refractivity contribution < 1.29 is 9.26 Å². The Morgan fingerprint density at radius 3 is 2.71 bits per heavy atom. The van der Waals surface area contributed by atoms with E-state index in [9.17, 15) is 0 Å². The van der Waals surface area contributed by atoms with E-state index in [1.54, 1.807) is 0 Å². The molecule has 0 saturated heterocycles. The first-order valence-electron chi connectivity index (χ1n) is 6.95. The molecule has 0 saturated carbocycles. The van der Waals surface area contributed by atoms with Gasteiger partial charge in [-0.2, -0.15) is 4.98 Å². The number of aromatic nitrogens is 2. The first-order valence-corrected chi connectivity index (χ1v) is 7.33. The molecule has 1 aromatic carbocycles. The Kier molecular flexibility index (Phi) is 5.20. The van der Waals surface area contributed by atoms with Crippen molar-refractivity contribution in [2.75, 3.05) is 0 Å². The molecule has 1 heterocycles. The van der Waals surface area contributed by atoms with Crippen molar-refractivity contribution in [1.29, 1.82) is 0 Å². The van der Waals surface area contributed by atoms with Gasteiger partial charge in [-0.25, -0.2) is 0 Å². The minimum Gasteiger partial charge on any atom is -0.483 e. The SMILES string of the molecule is CC(N)Cc1c(Cl)cccc1OCc1nc(C(C)C)no1. The van der Waals surface area contributed by atoms with Gasteiger partial charge >= 0.3 is 0 Å². The van der Waals surface area contributed by atoms with Gasteiger partial charge in [-0.3, -0.25) is 0 Å². The standard InChI is InChI=1S/C15H20ClN3O2/c1-9(2)15-18-14(21-19-15)8-20-13-6-4-5-12(16)11(13)7-10(3)17/h4-6,9-10H,7-8,17H2,1-3H3. The van der Waals surface area contributed by atoms with E-state index in [1.807, 2.05) is 39.0 Å². The monoisotopic (exact) mass is 309 g/mol. The van der Waals surface area contributed by atoms with Crippen molar-refractivity contribution in [2.45, 2.75) is 45.8 Å². The lowest BCUT2D eigenvalue weighted by molar-refractivity contribution is 0.240. The minimum absolute atomic E-state index is 0.00296. The Morgan fingerprint density at radius 1 is 1.33 bits per heavy atom. The molecular weight excluding hydrogens is 290 g/mol. The predicted molar refractivity (Wildman–Crippen MR) is 81.5 cm³/mol. The number of halogens is 1. The van der Waals surface area contributed by atoms with Crippen LogP contribution in [0.2, 0.25) is 5.02 Å². The maximum atomic E-state index is 6.21. The third kappa shape index (κ3) is 4.19. The molecule has 6 heteroatoms. The number of benzene rings is 1. The molecule has 5 nitrogen and oxygen atoms in total. The fourth-order valence-electron chi connectivity index (χ4n) is 1.89. The molecule has 0 fully saturated rings. The van der Waals surface area contributed by atoms with Gasteiger partial charge < -0.3 is 15.0 Å². The van der Waals surface area contributed by atoms with Gasteiger partial charge in [0.05, 0.1) is 0 Å². The van der Waals surface area contributed by atoms with Crippen LogP contribution in [0.5, 0.6) is 5.75 Å². The van der Waals surface area contributed by atoms with Gasteiger partial charge in [0.1, 0.15) is 5.75 Å². The maximum Gasteiger partial charge on any atom is 0.264 e. The number of nitrogens with zero attached hydrogens (tertiary/aromatic N) is 2. The van der Waals surface area contributed by atoms with Crippen LogP contribution in [0.3, 0.4) is 0 Å². The highest BCUT2D eigenvalue weighted by molar-refractivity contribution is 6.31. The minimum atomic E-state index is 0.00296. The van der Waals surface area contributed by atoms with Crippen LogP contribution in [0, 0.1) is 0 Å². The van der Waals surface area contributed by atoms with Crippen LogP contribution < -0.4 is 10.5 Å². The first-order chi connectivity index (χ1) is 9.97. The lowest BCUT2D eigenvalue weighted by Crippen LogP contribution is -2.18. The second kappa shape index (κ2) is 6.91. The zero-order valence-corrected chi connectivity index (χ0v) is 13.2. The van der Waals surface area contributed by atoms with Crippen LogP contribution in [-0.2, 0) is 13.0 Å². The number of hydrogen-bond acceptors (Lipinski definition) is 5. The third-order valence-electron chi connectivity index (χ3n) is 2.95. The van der Waals surface area contributed by atoms with Gasteiger partial charge in [-0.15, -0.1) is 0 Å². The number of nitrogens with two attached hydrogens (primary N) is 1. The summed E-state index contributed by atoms with van der Waals surface area (Å²) in [6.07, 6.45) is 0.649. The summed E-state index contributed by atoms with van der Waals surface area (Å²) in [5.41, 5.74) is 6.75. The van der Waals surface area contributed by atoms with Gasteiger partial charge in [0.25, 0.3) is 5.89 Å². The van der Waals surface area contributed by atoms with Crippen molar-refractivity contribution in [2.24, 2.45) is 5.73 Å². The van der Waals surface area contributed by atoms with E-state index < -0.39 is 0 Å². The average molecular weight is 310 g/mol. The number of ether oxygens (including phenoxy) is 1. The van der Waals surface area contributed by atoms with E-state index in [-0.39, 0.29) is 18.6 Å². The summed E-state index contributed by atoms with van der Waals surface area (Å²) < 4.78 is 10.9. The van der Waals surface area contributed by atoms with E-state index in [2.05, 4.69) is 10.1 Å². The Labute approximate surface area is 129 Å². The Bertz CT molecular complexity index is 596. The van der Waals surface area contributed by atoms with Crippen molar-refractivity contribution in [1.82, 2.24) is 10.1 Å². The van der Waals surface area contributed by atoms with Crippen molar-refractivity contribution in [3.05, 3.63) is 40.5 Å². The average Bonchev–Trinajstić information content (AvgIpc) is 2.88. The fraction of sp³-hybridized carbons (Fsp3) is 0.467. The van der Waals surface area contributed by atoms with E-state index in [0.29, 0.717) is 28.9 Å². The quantitative estimate of drug-likeness (QED) is 0.886. The summed E-state index contributed by atoms with van der Waals surface area (Å²) in [4.78, 5) is 4.28. The Morgan fingerprint density at radius 2 is 2.10 bits per heavy atom. The summed E-state index contributed by atoms with van der Waals surface area (Å²) in [6.45, 7) is 6.16. The predicted octanol–water partition coefficient (Wildman–Crippen LogP) is 3.32. The third-order valence-corrected chi connectivity index (χ3v) is 3.31. The van der Waals surface area contributed by atoms with Crippen LogP contribution in [0.25, 0.3) is 0 Å². The molecule has 0 aliphatic carbocycles. The van der Waals surface area contributed by atoms with E-state index >= 15 is 0 Å². The molecule has 1 unspecified atom stereocenters. The molecule has 21 heavy (non-hydrogen) atoms. The van der Waals surface area contributed by atoms with E-state index in [0.717, 1.165) is 5.56 Å². The smallest absolute Gasteiger partial charge is 0.264 e. The largest absolute Gasteiger partial charge is 0.483 e. The summed E-state index contributed by atoms with van der Waals surface area (Å²) in [5.74, 6) is 2.05. The topological polar surface area (TPSA) is 74.2 Å². The Hall–Kier alpha value is -1.59. The molecule has 1 atom stereocenters. The summed E-state index contributed by atoms with van der Waals surface area (Å²) >= 11 is 6.21. The highest BCUT2D eigenvalue weighted by Crippen LogP contribution is 2.28. The van der Waals surface area contributed by atoms with E-state index in [1.165, 1.54) is 0 Å². The Balaban J connectivity index is 2.10. The molecule has 0 aliphatic rings. The molecule has 0 aliphatic heterocycles. The normalized spacial score (nSPS) is 12.7. The van der Waals surface area contributed by atoms with Crippen LogP contribution >= 0.6 is 11.6 Å². The zero-order chi connectivity index (χ0) is 15.4. The molecule has 1 aromatic heterocycles. The lowest BCUT2D eigenvalue weighted by Gasteiger charge is -2.13. The number of rotatable bonds is 6. The molecule has 2 aromatic rings. The molecule has 114 valence electrons. The fourth-order valence-corrected chi connectivity index (χ4v) is 2.14. The van der Waals surface area contributed by atoms with Gasteiger partial charge in [0, 0.05) is 22.5 Å². The molecule has 2 N–H and O–H groups in total. The molecule has 2 rings (SSSR count). The van der Waals surface area contributed by atoms with Crippen molar-refractivity contribution in [3.8, 4) is 5.75 Å². The lowest BCUT2D eigenvalue weighted by atomic mass is 10.1. The summed E-state index contributed by atoms with van der Waals surface area (Å²) in [5, 5.41) is 4.56. The molecule has 0 spiro atoms. The highest BCUT2D eigenvalue weighted by Gasteiger charge is 2.13. The zero-order valence-electron chi connectivity index (χ0n) is 12.5. The summed E-state index contributed by atoms with van der Waals surface area (Å²) in [7, 11) is 0. The molecular formula is C15H20ClN3O2. The second-order valence-corrected chi connectivity index (χ2v) is 5.79. The maximum absolute atomic E-state index is 6.21. The van der Waals surface area contributed by atoms with Gasteiger partial charge in [0.2, 0.25) is 0 Å². The first kappa shape index (κ1) is 15.8. The van der Waals surface area contributed by atoms with E-state index in [4.69, 9.17) is 26.6 Å². The summed E-state index contributed by atoms with van der Waals surface area (Å²) in [6, 6.07) is 5.54. The van der Waals surface area contributed by atoms with Crippen LogP contribution in [0.4, 0.5) is 0 Å². The van der Waals surface area contributed by atoms with Crippen molar-refractivity contribution >= 4 is 11.6 Å². The molecule has 0 amide bonds. The van der Waals surface area contributed by atoms with Gasteiger partial charge in [-0.05, 0) is 25.5 Å².